The summed E-state index contributed by atoms with van der Waals surface area (Å²) in [5, 5.41) is 5.80. The maximum Gasteiger partial charge on any atom is 0.262 e. The molecule has 1 aliphatic carbocycles. The third-order valence-electron chi connectivity index (χ3n) is 6.20. The molecular formula is C21H29N3O5S. The van der Waals surface area contributed by atoms with Gasteiger partial charge in [-0.3, -0.25) is 9.59 Å². The minimum atomic E-state index is -3.88. The van der Waals surface area contributed by atoms with Crippen molar-refractivity contribution in [3.63, 3.8) is 0 Å². The Morgan fingerprint density at radius 1 is 1.13 bits per heavy atom. The number of hydrogen-bond donors (Lipinski definition) is 2. The molecule has 2 amide bonds. The van der Waals surface area contributed by atoms with Crippen LogP contribution in [0.3, 0.4) is 0 Å². The van der Waals surface area contributed by atoms with E-state index in [0.717, 1.165) is 25.7 Å². The maximum absolute atomic E-state index is 13.5. The van der Waals surface area contributed by atoms with Crippen LogP contribution in [-0.2, 0) is 19.6 Å². The lowest BCUT2D eigenvalue weighted by Gasteiger charge is -2.27. The molecule has 1 aromatic carbocycles. The molecular weight excluding hydrogens is 406 g/mol. The normalized spacial score (nSPS) is 23.2. The monoisotopic (exact) mass is 435 g/mol. The number of benzene rings is 1. The Bertz CT molecular complexity index is 938. The summed E-state index contributed by atoms with van der Waals surface area (Å²) >= 11 is 0. The Morgan fingerprint density at radius 3 is 2.60 bits per heavy atom. The lowest BCUT2D eigenvalue weighted by Crippen LogP contribution is -2.48. The summed E-state index contributed by atoms with van der Waals surface area (Å²) in [6.45, 7) is 1.86. The summed E-state index contributed by atoms with van der Waals surface area (Å²) in [6.07, 6.45) is 7.67. The second-order valence-electron chi connectivity index (χ2n) is 8.42. The van der Waals surface area contributed by atoms with Crippen molar-refractivity contribution in [2.24, 2.45) is 0 Å². The van der Waals surface area contributed by atoms with Crippen LogP contribution in [0.1, 0.15) is 56.9 Å². The van der Waals surface area contributed by atoms with Crippen molar-refractivity contribution in [3.05, 3.63) is 17.7 Å². The topological polar surface area (TPSA) is 105 Å². The van der Waals surface area contributed by atoms with E-state index in [-0.39, 0.29) is 29.4 Å². The van der Waals surface area contributed by atoms with Crippen LogP contribution in [0.5, 0.6) is 5.75 Å². The molecule has 1 saturated carbocycles. The number of anilines is 1. The molecule has 2 aliphatic heterocycles. The molecule has 164 valence electrons. The molecule has 2 fully saturated rings. The molecule has 2 heterocycles. The molecule has 3 aliphatic rings. The Balaban J connectivity index is 1.56. The Kier molecular flexibility index (Phi) is 6.02. The van der Waals surface area contributed by atoms with Gasteiger partial charge in [0.15, 0.2) is 6.61 Å². The number of fused-ring (bicyclic) bond motifs is 1. The Hall–Kier alpha value is -2.13. The molecule has 2 N–H and O–H groups in total. The maximum atomic E-state index is 13.5. The van der Waals surface area contributed by atoms with E-state index in [4.69, 9.17) is 4.74 Å². The number of aryl methyl sites for hydroxylation is 1. The predicted molar refractivity (Wildman–Crippen MR) is 112 cm³/mol. The second kappa shape index (κ2) is 8.55. The van der Waals surface area contributed by atoms with Crippen molar-refractivity contribution >= 4 is 27.5 Å². The predicted octanol–water partition coefficient (Wildman–Crippen LogP) is 2.32. The zero-order valence-electron chi connectivity index (χ0n) is 17.3. The molecule has 0 spiro atoms. The fraction of sp³-hybridized carbons (Fsp3) is 0.619. The van der Waals surface area contributed by atoms with Crippen molar-refractivity contribution in [1.29, 1.82) is 0 Å². The number of nitrogens with zero attached hydrogens (tertiary/aromatic N) is 1. The van der Waals surface area contributed by atoms with Gasteiger partial charge < -0.3 is 15.4 Å². The Morgan fingerprint density at radius 2 is 1.87 bits per heavy atom. The highest BCUT2D eigenvalue weighted by Crippen LogP contribution is 2.36. The summed E-state index contributed by atoms with van der Waals surface area (Å²) in [6, 6.07) is 2.51. The van der Waals surface area contributed by atoms with Gasteiger partial charge in [0.1, 0.15) is 11.8 Å². The SMILES string of the molecule is Cc1cc2c(cc1S(=O)(=O)N1CCC[C@@H]1C(=O)NC1CCCCCC1)OCC(=O)N2. The smallest absolute Gasteiger partial charge is 0.262 e. The van der Waals surface area contributed by atoms with Crippen molar-refractivity contribution in [1.82, 2.24) is 9.62 Å². The van der Waals surface area contributed by atoms with Crippen molar-refractivity contribution in [2.75, 3.05) is 18.5 Å². The summed E-state index contributed by atoms with van der Waals surface area (Å²) in [4.78, 5) is 24.6. The number of carbonyl (C=O) groups excluding carboxylic acids is 2. The number of carbonyl (C=O) groups is 2. The molecule has 0 bridgehead atoms. The van der Waals surface area contributed by atoms with Crippen molar-refractivity contribution in [2.45, 2.75) is 75.3 Å². The van der Waals surface area contributed by atoms with Crippen LogP contribution in [0, 0.1) is 6.92 Å². The molecule has 4 rings (SSSR count). The molecule has 8 nitrogen and oxygen atoms in total. The summed E-state index contributed by atoms with van der Waals surface area (Å²) in [5.41, 5.74) is 0.973. The first kappa shape index (κ1) is 21.1. The highest BCUT2D eigenvalue weighted by molar-refractivity contribution is 7.89. The van der Waals surface area contributed by atoms with Crippen LogP contribution in [0.2, 0.25) is 0 Å². The third-order valence-corrected chi connectivity index (χ3v) is 8.25. The van der Waals surface area contributed by atoms with E-state index < -0.39 is 16.1 Å². The average molecular weight is 436 g/mol. The van der Waals surface area contributed by atoms with E-state index >= 15 is 0 Å². The molecule has 9 heteroatoms. The lowest BCUT2D eigenvalue weighted by atomic mass is 10.1. The molecule has 30 heavy (non-hydrogen) atoms. The van der Waals surface area contributed by atoms with Gasteiger partial charge in [-0.05, 0) is 44.2 Å². The fourth-order valence-electron chi connectivity index (χ4n) is 4.63. The minimum Gasteiger partial charge on any atom is -0.482 e. The van der Waals surface area contributed by atoms with Crippen LogP contribution in [0.15, 0.2) is 17.0 Å². The van der Waals surface area contributed by atoms with Gasteiger partial charge in [0.2, 0.25) is 15.9 Å². The largest absolute Gasteiger partial charge is 0.482 e. The van der Waals surface area contributed by atoms with Crippen molar-refractivity contribution in [3.8, 4) is 5.75 Å². The van der Waals surface area contributed by atoms with Crippen LogP contribution in [0.4, 0.5) is 5.69 Å². The van der Waals surface area contributed by atoms with E-state index in [0.29, 0.717) is 36.4 Å². The molecule has 0 aromatic heterocycles. The van der Waals surface area contributed by atoms with Gasteiger partial charge in [0.05, 0.1) is 10.6 Å². The average Bonchev–Trinajstić information content (AvgIpc) is 3.07. The van der Waals surface area contributed by atoms with Crippen LogP contribution < -0.4 is 15.4 Å². The highest BCUT2D eigenvalue weighted by atomic mass is 32.2. The Labute approximate surface area is 177 Å². The van der Waals surface area contributed by atoms with Crippen LogP contribution >= 0.6 is 0 Å². The van der Waals surface area contributed by atoms with Crippen molar-refractivity contribution < 1.29 is 22.7 Å². The van der Waals surface area contributed by atoms with Crippen LogP contribution in [-0.4, -0.2) is 49.8 Å². The number of sulfonamides is 1. The van der Waals surface area contributed by atoms with Crippen LogP contribution in [0.25, 0.3) is 0 Å². The number of ether oxygens (including phenoxy) is 1. The first-order valence-electron chi connectivity index (χ1n) is 10.8. The first-order chi connectivity index (χ1) is 14.4. The number of hydrogen-bond acceptors (Lipinski definition) is 5. The standard InChI is InChI=1S/C21H29N3O5S/c1-14-11-16-18(29-13-20(25)23-16)12-19(14)30(27,28)24-10-6-9-17(24)21(26)22-15-7-4-2-3-5-8-15/h11-12,15,17H,2-10,13H2,1H3,(H,22,26)(H,23,25)/t17-/m1/s1. The van der Waals surface area contributed by atoms with Gasteiger partial charge in [0.25, 0.3) is 5.91 Å². The number of nitrogens with one attached hydrogen (secondary N) is 2. The second-order valence-corrected chi connectivity index (χ2v) is 10.3. The highest BCUT2D eigenvalue weighted by Gasteiger charge is 2.41. The summed E-state index contributed by atoms with van der Waals surface area (Å²) in [5.74, 6) is -0.133. The van der Waals surface area contributed by atoms with E-state index in [1.807, 2.05) is 0 Å². The quantitative estimate of drug-likeness (QED) is 0.706. The third kappa shape index (κ3) is 4.18. The van der Waals surface area contributed by atoms with Gasteiger partial charge in [-0.15, -0.1) is 0 Å². The molecule has 1 saturated heterocycles. The van der Waals surface area contributed by atoms with Gasteiger partial charge in [-0.25, -0.2) is 8.42 Å². The number of rotatable bonds is 4. The molecule has 0 radical (unpaired) electrons. The zero-order valence-corrected chi connectivity index (χ0v) is 18.1. The van der Waals surface area contributed by atoms with E-state index in [9.17, 15) is 18.0 Å². The summed E-state index contributed by atoms with van der Waals surface area (Å²) < 4.78 is 33.7. The minimum absolute atomic E-state index is 0.117. The molecule has 1 atom stereocenters. The lowest BCUT2D eigenvalue weighted by molar-refractivity contribution is -0.125. The van der Waals surface area contributed by atoms with Gasteiger partial charge >= 0.3 is 0 Å². The summed E-state index contributed by atoms with van der Waals surface area (Å²) in [7, 11) is -3.88. The van der Waals surface area contributed by atoms with Gasteiger partial charge in [-0.2, -0.15) is 4.31 Å². The first-order valence-corrected chi connectivity index (χ1v) is 12.2. The van der Waals surface area contributed by atoms with E-state index in [1.165, 1.54) is 23.2 Å². The molecule has 0 unspecified atom stereocenters. The van der Waals surface area contributed by atoms with Gasteiger partial charge in [0, 0.05) is 18.7 Å². The number of amides is 2. The zero-order chi connectivity index (χ0) is 21.3. The van der Waals surface area contributed by atoms with E-state index in [2.05, 4.69) is 10.6 Å². The van der Waals surface area contributed by atoms with Gasteiger partial charge in [-0.1, -0.05) is 25.7 Å². The fourth-order valence-corrected chi connectivity index (χ4v) is 6.51. The van der Waals surface area contributed by atoms with E-state index in [1.54, 1.807) is 13.0 Å². The molecule has 1 aromatic rings.